The number of cyclic esters (lactones) is 1. The van der Waals surface area contributed by atoms with Crippen LogP contribution in [0.5, 0.6) is 0 Å². The van der Waals surface area contributed by atoms with Gasteiger partial charge in [0.1, 0.15) is 0 Å². The van der Waals surface area contributed by atoms with E-state index in [-0.39, 0.29) is 23.3 Å². The van der Waals surface area contributed by atoms with Gasteiger partial charge in [0, 0.05) is 11.8 Å². The van der Waals surface area contributed by atoms with Gasteiger partial charge in [0.05, 0.1) is 5.57 Å². The molecule has 0 saturated heterocycles. The number of ketones is 1. The fourth-order valence-electron chi connectivity index (χ4n) is 5.07. The molecule has 5 rings (SSSR count). The van der Waals surface area contributed by atoms with E-state index in [1.54, 1.807) is 0 Å². The molecule has 2 atom stereocenters. The first kappa shape index (κ1) is 22.1. The van der Waals surface area contributed by atoms with E-state index in [0.29, 0.717) is 12.8 Å². The third-order valence-corrected chi connectivity index (χ3v) is 6.87. The number of hydrogen-bond donors (Lipinski definition) is 1. The Bertz CT molecular complexity index is 1140. The zero-order valence-corrected chi connectivity index (χ0v) is 19.0. The number of hydrogen-bond acceptors (Lipinski definition) is 4. The molecule has 3 aromatic rings. The van der Waals surface area contributed by atoms with Crippen LogP contribution in [0.3, 0.4) is 0 Å². The molecule has 1 aliphatic carbocycles. The highest BCUT2D eigenvalue weighted by atomic mass is 16.6. The largest absolute Gasteiger partial charge is 0.504 e. The summed E-state index contributed by atoms with van der Waals surface area (Å²) in [5, 5.41) is 11.1. The maximum atomic E-state index is 13.5. The summed E-state index contributed by atoms with van der Waals surface area (Å²) in [7, 11) is 0. The monoisotopic (exact) mass is 452 g/mol. The van der Waals surface area contributed by atoms with Crippen molar-refractivity contribution >= 4 is 11.8 Å². The molecule has 1 N–H and O–H groups in total. The molecule has 4 heteroatoms. The molecule has 1 saturated carbocycles. The van der Waals surface area contributed by atoms with Gasteiger partial charge in [-0.1, -0.05) is 91.0 Å². The smallest absolute Gasteiger partial charge is 0.339 e. The van der Waals surface area contributed by atoms with Crippen molar-refractivity contribution in [2.75, 3.05) is 0 Å². The maximum absolute atomic E-state index is 13.5. The van der Waals surface area contributed by atoms with Crippen molar-refractivity contribution in [3.63, 3.8) is 0 Å². The number of carbonyl (C=O) groups is 2. The second kappa shape index (κ2) is 9.68. The Hall–Kier alpha value is -3.66. The van der Waals surface area contributed by atoms with E-state index in [0.717, 1.165) is 29.5 Å². The molecule has 34 heavy (non-hydrogen) atoms. The van der Waals surface area contributed by atoms with Crippen LogP contribution in [-0.4, -0.2) is 23.0 Å². The maximum Gasteiger partial charge on any atom is 0.339 e. The molecular formula is C30H28O4. The molecule has 1 heterocycles. The van der Waals surface area contributed by atoms with Gasteiger partial charge >= 0.3 is 5.97 Å². The van der Waals surface area contributed by atoms with Crippen molar-refractivity contribution in [2.24, 2.45) is 11.8 Å². The molecule has 2 aliphatic rings. The highest BCUT2D eigenvalue weighted by molar-refractivity contribution is 6.09. The van der Waals surface area contributed by atoms with E-state index in [9.17, 15) is 14.7 Å². The molecule has 2 unspecified atom stereocenters. The van der Waals surface area contributed by atoms with E-state index in [1.165, 1.54) is 0 Å². The lowest BCUT2D eigenvalue weighted by Crippen LogP contribution is -2.43. The number of Topliss-reactive ketones (excluding diaryl/α,β-unsaturated/α-hetero) is 1. The Morgan fingerprint density at radius 1 is 0.765 bits per heavy atom. The molecule has 0 bridgehead atoms. The summed E-state index contributed by atoms with van der Waals surface area (Å²) in [5.74, 6) is -1.86. The summed E-state index contributed by atoms with van der Waals surface area (Å²) in [6.45, 7) is 0. The summed E-state index contributed by atoms with van der Waals surface area (Å²) in [4.78, 5) is 26.8. The summed E-state index contributed by atoms with van der Waals surface area (Å²) in [6.07, 6.45) is 2.03. The summed E-state index contributed by atoms with van der Waals surface area (Å²) in [6, 6.07) is 29.4. The first-order valence-electron chi connectivity index (χ1n) is 11.9. The normalized spacial score (nSPS) is 19.3. The summed E-state index contributed by atoms with van der Waals surface area (Å²) < 4.78 is 5.86. The van der Waals surface area contributed by atoms with Gasteiger partial charge in [-0.25, -0.2) is 4.79 Å². The minimum Gasteiger partial charge on any atom is -0.504 e. The van der Waals surface area contributed by atoms with Crippen LogP contribution in [-0.2, 0) is 27.2 Å². The first-order valence-corrected chi connectivity index (χ1v) is 11.9. The lowest BCUT2D eigenvalue weighted by Gasteiger charge is -2.32. The van der Waals surface area contributed by atoms with Crippen LogP contribution in [0.25, 0.3) is 0 Å². The number of esters is 1. The predicted molar refractivity (Wildman–Crippen MR) is 130 cm³/mol. The Morgan fingerprint density at radius 2 is 1.26 bits per heavy atom. The fourth-order valence-corrected chi connectivity index (χ4v) is 5.07. The van der Waals surface area contributed by atoms with Gasteiger partial charge in [-0.3, -0.25) is 4.79 Å². The van der Waals surface area contributed by atoms with Crippen LogP contribution >= 0.6 is 0 Å². The van der Waals surface area contributed by atoms with Crippen molar-refractivity contribution in [1.82, 2.24) is 0 Å². The van der Waals surface area contributed by atoms with Gasteiger partial charge in [-0.05, 0) is 48.3 Å². The van der Waals surface area contributed by atoms with Crippen molar-refractivity contribution < 1.29 is 19.4 Å². The molecule has 1 fully saturated rings. The summed E-state index contributed by atoms with van der Waals surface area (Å²) >= 11 is 0. The van der Waals surface area contributed by atoms with Crippen molar-refractivity contribution in [3.05, 3.63) is 119 Å². The molecule has 1 aliphatic heterocycles. The number of benzene rings is 3. The SMILES string of the molecule is O=C1OC(C(Cc2ccccc2)Cc2ccccc2)C(=O)C(O)=C1C(c1ccccc1)C1CC1. The quantitative estimate of drug-likeness (QED) is 0.453. The van der Waals surface area contributed by atoms with Crippen LogP contribution in [0.1, 0.15) is 35.4 Å². The molecule has 0 radical (unpaired) electrons. The van der Waals surface area contributed by atoms with Crippen LogP contribution in [0.15, 0.2) is 102 Å². The molecular weight excluding hydrogens is 424 g/mol. The van der Waals surface area contributed by atoms with E-state index in [2.05, 4.69) is 0 Å². The number of carbonyl (C=O) groups excluding carboxylic acids is 2. The molecule has 0 aromatic heterocycles. The van der Waals surface area contributed by atoms with Crippen LogP contribution < -0.4 is 0 Å². The number of aliphatic hydroxyl groups is 1. The first-order chi connectivity index (χ1) is 16.6. The van der Waals surface area contributed by atoms with Gasteiger partial charge in [-0.15, -0.1) is 0 Å². The van der Waals surface area contributed by atoms with Crippen molar-refractivity contribution in [1.29, 1.82) is 0 Å². The standard InChI is InChI=1S/C30H28O4/c31-27-26(25(23-16-17-23)22-14-8-3-9-15-22)30(33)34-29(28(27)32)24(18-20-10-4-1-5-11-20)19-21-12-6-2-7-13-21/h1-15,23-25,29,31H,16-19H2. The van der Waals surface area contributed by atoms with Gasteiger partial charge in [-0.2, -0.15) is 0 Å². The number of ether oxygens (including phenoxy) is 1. The summed E-state index contributed by atoms with van der Waals surface area (Å²) in [5.41, 5.74) is 3.16. The van der Waals surface area contributed by atoms with Crippen LogP contribution in [0, 0.1) is 11.8 Å². The lowest BCUT2D eigenvalue weighted by molar-refractivity contribution is -0.158. The van der Waals surface area contributed by atoms with Gasteiger partial charge in [0.25, 0.3) is 0 Å². The zero-order valence-electron chi connectivity index (χ0n) is 19.0. The van der Waals surface area contributed by atoms with Crippen molar-refractivity contribution in [2.45, 2.75) is 37.7 Å². The molecule has 0 spiro atoms. The van der Waals surface area contributed by atoms with Crippen LogP contribution in [0.2, 0.25) is 0 Å². The van der Waals surface area contributed by atoms with Gasteiger partial charge in [0.15, 0.2) is 11.9 Å². The Kier molecular flexibility index (Phi) is 6.31. The lowest BCUT2D eigenvalue weighted by atomic mass is 9.80. The van der Waals surface area contributed by atoms with Crippen LogP contribution in [0.4, 0.5) is 0 Å². The Balaban J connectivity index is 1.48. The average molecular weight is 453 g/mol. The predicted octanol–water partition coefficient (Wildman–Crippen LogP) is 5.59. The molecule has 4 nitrogen and oxygen atoms in total. The Morgan fingerprint density at radius 3 is 1.76 bits per heavy atom. The number of rotatable bonds is 8. The van der Waals surface area contributed by atoms with Crippen molar-refractivity contribution in [3.8, 4) is 0 Å². The minimum atomic E-state index is -1.02. The molecule has 172 valence electrons. The molecule has 3 aromatic carbocycles. The number of aliphatic hydroxyl groups excluding tert-OH is 1. The van der Waals surface area contributed by atoms with E-state index in [1.807, 2.05) is 91.0 Å². The topological polar surface area (TPSA) is 63.6 Å². The van der Waals surface area contributed by atoms with Gasteiger partial charge in [0.2, 0.25) is 5.78 Å². The highest BCUT2D eigenvalue weighted by Crippen LogP contribution is 2.48. The average Bonchev–Trinajstić information content (AvgIpc) is 3.71. The highest BCUT2D eigenvalue weighted by Gasteiger charge is 2.47. The van der Waals surface area contributed by atoms with E-state index < -0.39 is 23.6 Å². The third-order valence-electron chi connectivity index (χ3n) is 6.87. The van der Waals surface area contributed by atoms with E-state index >= 15 is 0 Å². The zero-order chi connectivity index (χ0) is 23.5. The van der Waals surface area contributed by atoms with E-state index in [4.69, 9.17) is 4.74 Å². The fraction of sp³-hybridized carbons (Fsp3) is 0.267. The third kappa shape index (κ3) is 4.67. The van der Waals surface area contributed by atoms with Gasteiger partial charge < -0.3 is 9.84 Å². The minimum absolute atomic E-state index is 0.119. The second-order valence-corrected chi connectivity index (χ2v) is 9.32. The Labute approximate surface area is 199 Å². The molecule has 0 amide bonds. The second-order valence-electron chi connectivity index (χ2n) is 9.32.